The normalized spacial score (nSPS) is 18.6. The van der Waals surface area contributed by atoms with E-state index in [1.54, 1.807) is 6.07 Å². The Morgan fingerprint density at radius 2 is 2.04 bits per heavy atom. The zero-order valence-corrected chi connectivity index (χ0v) is 14.9. The lowest BCUT2D eigenvalue weighted by molar-refractivity contribution is 0.131. The third-order valence-electron chi connectivity index (χ3n) is 5.15. The van der Waals surface area contributed by atoms with Crippen LogP contribution in [0, 0.1) is 5.92 Å². The summed E-state index contributed by atoms with van der Waals surface area (Å²) < 4.78 is 11.9. The van der Waals surface area contributed by atoms with Crippen molar-refractivity contribution in [1.29, 1.82) is 0 Å². The van der Waals surface area contributed by atoms with Crippen LogP contribution in [0.4, 0.5) is 0 Å². The van der Waals surface area contributed by atoms with Gasteiger partial charge in [0.05, 0.1) is 17.1 Å². The molecule has 1 N–H and O–H groups in total. The maximum atomic E-state index is 12.8. The lowest BCUT2D eigenvalue weighted by Gasteiger charge is -2.28. The van der Waals surface area contributed by atoms with E-state index in [2.05, 4.69) is 12.2 Å². The highest BCUT2D eigenvalue weighted by Crippen LogP contribution is 2.25. The number of benzene rings is 2. The molecule has 1 fully saturated rings. The molecule has 26 heavy (non-hydrogen) atoms. The topological polar surface area (TPSA) is 51.5 Å². The van der Waals surface area contributed by atoms with E-state index in [9.17, 15) is 4.79 Å². The van der Waals surface area contributed by atoms with E-state index in [1.807, 2.05) is 42.5 Å². The van der Waals surface area contributed by atoms with Crippen LogP contribution in [0.5, 0.6) is 5.75 Å². The van der Waals surface area contributed by atoms with Crippen molar-refractivity contribution in [2.75, 3.05) is 13.1 Å². The molecule has 1 aromatic heterocycles. The number of piperidine rings is 1. The van der Waals surface area contributed by atoms with Crippen LogP contribution >= 0.6 is 0 Å². The zero-order valence-electron chi connectivity index (χ0n) is 14.9. The van der Waals surface area contributed by atoms with Gasteiger partial charge in [0.15, 0.2) is 5.43 Å². The molecule has 0 aliphatic carbocycles. The van der Waals surface area contributed by atoms with Gasteiger partial charge in [0.2, 0.25) is 0 Å². The zero-order chi connectivity index (χ0) is 17.9. The lowest BCUT2D eigenvalue weighted by atomic mass is 9.94. The van der Waals surface area contributed by atoms with E-state index in [1.165, 1.54) is 19.1 Å². The highest BCUT2D eigenvalue weighted by molar-refractivity contribution is 5.82. The third kappa shape index (κ3) is 3.37. The van der Waals surface area contributed by atoms with Gasteiger partial charge in [-0.1, -0.05) is 30.3 Å². The number of rotatable bonds is 4. The molecule has 4 rings (SSSR count). The van der Waals surface area contributed by atoms with Crippen LogP contribution in [0.2, 0.25) is 0 Å². The Morgan fingerprint density at radius 1 is 1.19 bits per heavy atom. The molecule has 1 aliphatic heterocycles. The summed E-state index contributed by atoms with van der Waals surface area (Å²) in [5, 5.41) is 4.00. The molecule has 0 radical (unpaired) electrons. The van der Waals surface area contributed by atoms with Gasteiger partial charge in [-0.3, -0.25) is 4.79 Å². The Labute approximate surface area is 152 Å². The van der Waals surface area contributed by atoms with E-state index in [-0.39, 0.29) is 11.5 Å². The minimum atomic E-state index is -0.0199. The maximum Gasteiger partial charge on any atom is 0.200 e. The van der Waals surface area contributed by atoms with E-state index >= 15 is 0 Å². The Morgan fingerprint density at radius 3 is 2.81 bits per heavy atom. The van der Waals surface area contributed by atoms with Gasteiger partial charge < -0.3 is 14.5 Å². The average molecular weight is 349 g/mol. The van der Waals surface area contributed by atoms with Crippen LogP contribution in [0.25, 0.3) is 22.1 Å². The summed E-state index contributed by atoms with van der Waals surface area (Å²) in [5.74, 6) is 1.25. The first-order valence-electron chi connectivity index (χ1n) is 9.21. The van der Waals surface area contributed by atoms with Crippen molar-refractivity contribution in [3.63, 3.8) is 0 Å². The molecule has 2 aromatic carbocycles. The summed E-state index contributed by atoms with van der Waals surface area (Å²) in [6, 6.07) is 15.1. The molecule has 0 spiro atoms. The van der Waals surface area contributed by atoms with Crippen LogP contribution in [0.1, 0.15) is 19.8 Å². The Balaban J connectivity index is 1.61. The van der Waals surface area contributed by atoms with E-state index in [4.69, 9.17) is 9.15 Å². The number of nitrogens with one attached hydrogen (secondary N) is 1. The van der Waals surface area contributed by atoms with Crippen LogP contribution < -0.4 is 15.5 Å². The monoisotopic (exact) mass is 349 g/mol. The number of hydrogen-bond acceptors (Lipinski definition) is 4. The first kappa shape index (κ1) is 16.9. The summed E-state index contributed by atoms with van der Waals surface area (Å²) >= 11 is 0. The molecule has 2 heterocycles. The second-order valence-electron chi connectivity index (χ2n) is 6.93. The van der Waals surface area contributed by atoms with Gasteiger partial charge in [-0.05, 0) is 44.0 Å². The Bertz CT molecular complexity index is 943. The van der Waals surface area contributed by atoms with Crippen molar-refractivity contribution >= 4 is 11.0 Å². The fourth-order valence-corrected chi connectivity index (χ4v) is 3.59. The highest BCUT2D eigenvalue weighted by Gasteiger charge is 2.21. The molecule has 0 bridgehead atoms. The van der Waals surface area contributed by atoms with Crippen molar-refractivity contribution in [1.82, 2.24) is 5.32 Å². The first-order chi connectivity index (χ1) is 12.7. The molecule has 1 saturated heterocycles. The van der Waals surface area contributed by atoms with Gasteiger partial charge in [0, 0.05) is 18.5 Å². The van der Waals surface area contributed by atoms with Crippen LogP contribution in [-0.4, -0.2) is 19.2 Å². The van der Waals surface area contributed by atoms with Crippen molar-refractivity contribution < 1.29 is 9.15 Å². The predicted octanol–water partition coefficient (Wildman–Crippen LogP) is 4.23. The quantitative estimate of drug-likeness (QED) is 0.766. The Kier molecular flexibility index (Phi) is 4.76. The molecule has 1 aliphatic rings. The fraction of sp³-hybridized carbons (Fsp3) is 0.318. The molecular formula is C22H23NO3. The van der Waals surface area contributed by atoms with E-state index < -0.39 is 0 Å². The van der Waals surface area contributed by atoms with Crippen molar-refractivity contribution in [2.45, 2.75) is 25.9 Å². The predicted molar refractivity (Wildman–Crippen MR) is 104 cm³/mol. The fourth-order valence-electron chi connectivity index (χ4n) is 3.59. The number of fused-ring (bicyclic) bond motifs is 1. The largest absolute Gasteiger partial charge is 0.490 e. The maximum absolute atomic E-state index is 12.8. The van der Waals surface area contributed by atoms with Crippen LogP contribution in [0.15, 0.2) is 64.0 Å². The standard InChI is InChI=1S/C22H23NO3/c1-15(17-8-5-11-23-13-17)26-18-9-10-19-21(12-18)25-14-20(22(19)24)16-6-3-2-4-7-16/h2-4,6-7,9-10,12,14-15,17,23H,5,8,11,13H2,1H3. The Hall–Kier alpha value is -2.59. The SMILES string of the molecule is CC(Oc1ccc2c(=O)c(-c3ccccc3)coc2c1)C1CCCNC1. The van der Waals surface area contributed by atoms with Crippen molar-refractivity contribution in [3.05, 3.63) is 65.0 Å². The second-order valence-corrected chi connectivity index (χ2v) is 6.93. The summed E-state index contributed by atoms with van der Waals surface area (Å²) in [4.78, 5) is 12.8. The summed E-state index contributed by atoms with van der Waals surface area (Å²) in [6.45, 7) is 4.19. The van der Waals surface area contributed by atoms with Gasteiger partial charge in [-0.25, -0.2) is 0 Å². The number of hydrogen-bond donors (Lipinski definition) is 1. The third-order valence-corrected chi connectivity index (χ3v) is 5.15. The second kappa shape index (κ2) is 7.34. The molecule has 0 saturated carbocycles. The highest BCUT2D eigenvalue weighted by atomic mass is 16.5. The van der Waals surface area contributed by atoms with Gasteiger partial charge in [0.1, 0.15) is 17.6 Å². The summed E-state index contributed by atoms with van der Waals surface area (Å²) in [6.07, 6.45) is 4.03. The van der Waals surface area contributed by atoms with Gasteiger partial charge in [-0.15, -0.1) is 0 Å². The number of ether oxygens (including phenoxy) is 1. The molecule has 2 unspecified atom stereocenters. The van der Waals surface area contributed by atoms with E-state index in [0.717, 1.165) is 24.4 Å². The molecule has 4 heteroatoms. The smallest absolute Gasteiger partial charge is 0.200 e. The molecular weight excluding hydrogens is 326 g/mol. The van der Waals surface area contributed by atoms with Gasteiger partial charge >= 0.3 is 0 Å². The van der Waals surface area contributed by atoms with Gasteiger partial charge in [0.25, 0.3) is 0 Å². The van der Waals surface area contributed by atoms with Gasteiger partial charge in [-0.2, -0.15) is 0 Å². The summed E-state index contributed by atoms with van der Waals surface area (Å²) in [7, 11) is 0. The van der Waals surface area contributed by atoms with Crippen molar-refractivity contribution in [2.24, 2.45) is 5.92 Å². The minimum absolute atomic E-state index is 0.0199. The van der Waals surface area contributed by atoms with Crippen LogP contribution in [-0.2, 0) is 0 Å². The molecule has 3 aromatic rings. The minimum Gasteiger partial charge on any atom is -0.490 e. The van der Waals surface area contributed by atoms with Crippen molar-refractivity contribution in [3.8, 4) is 16.9 Å². The average Bonchev–Trinajstić information content (AvgIpc) is 2.69. The first-order valence-corrected chi connectivity index (χ1v) is 9.21. The van der Waals surface area contributed by atoms with Crippen LogP contribution in [0.3, 0.4) is 0 Å². The molecule has 4 nitrogen and oxygen atoms in total. The van der Waals surface area contributed by atoms with E-state index in [0.29, 0.717) is 22.5 Å². The lowest BCUT2D eigenvalue weighted by Crippen LogP contribution is -2.37. The molecule has 0 amide bonds. The molecule has 134 valence electrons. The molecule has 2 atom stereocenters. The summed E-state index contributed by atoms with van der Waals surface area (Å²) in [5.41, 5.74) is 1.98.